The number of amides is 1. The molecule has 1 unspecified atom stereocenters. The van der Waals surface area contributed by atoms with Gasteiger partial charge in [-0.2, -0.15) is 0 Å². The van der Waals surface area contributed by atoms with Crippen molar-refractivity contribution in [2.45, 2.75) is 18.9 Å². The summed E-state index contributed by atoms with van der Waals surface area (Å²) in [6, 6.07) is 7.66. The molecule has 1 aliphatic rings. The van der Waals surface area contributed by atoms with Gasteiger partial charge >= 0.3 is 0 Å². The standard InChI is InChI=1S/C15H20N2O2/c1-2-10-19-14-8-4-3-7-13(14)15(18)17-11-12-6-5-9-16-12/h2-4,7-8,12,16H,1,5-6,9-11H2,(H,17,18). The first-order chi connectivity index (χ1) is 9.31. The van der Waals surface area contributed by atoms with Gasteiger partial charge in [-0.3, -0.25) is 4.79 Å². The van der Waals surface area contributed by atoms with Gasteiger partial charge in [-0.05, 0) is 31.5 Å². The summed E-state index contributed by atoms with van der Waals surface area (Å²) in [7, 11) is 0. The first kappa shape index (κ1) is 13.6. The topological polar surface area (TPSA) is 50.4 Å². The highest BCUT2D eigenvalue weighted by Crippen LogP contribution is 2.17. The number of hydrogen-bond acceptors (Lipinski definition) is 3. The molecule has 4 heteroatoms. The summed E-state index contributed by atoms with van der Waals surface area (Å²) in [5, 5.41) is 6.30. The lowest BCUT2D eigenvalue weighted by molar-refractivity contribution is 0.0947. The molecule has 0 aromatic heterocycles. The molecule has 1 fully saturated rings. The second kappa shape index (κ2) is 6.95. The Morgan fingerprint density at radius 1 is 1.53 bits per heavy atom. The molecule has 19 heavy (non-hydrogen) atoms. The SMILES string of the molecule is C=CCOc1ccccc1C(=O)NCC1CCCN1. The molecule has 1 aromatic rings. The highest BCUT2D eigenvalue weighted by atomic mass is 16.5. The third-order valence-corrected chi connectivity index (χ3v) is 3.16. The normalized spacial score (nSPS) is 18.0. The van der Waals surface area contributed by atoms with Crippen molar-refractivity contribution >= 4 is 5.91 Å². The third kappa shape index (κ3) is 3.83. The van der Waals surface area contributed by atoms with Crippen LogP contribution < -0.4 is 15.4 Å². The Kier molecular flexibility index (Phi) is 4.98. The second-order valence-electron chi connectivity index (χ2n) is 4.60. The van der Waals surface area contributed by atoms with Crippen LogP contribution >= 0.6 is 0 Å². The summed E-state index contributed by atoms with van der Waals surface area (Å²) in [5.74, 6) is 0.507. The van der Waals surface area contributed by atoms with Gasteiger partial charge < -0.3 is 15.4 Å². The van der Waals surface area contributed by atoms with E-state index in [0.717, 1.165) is 13.0 Å². The molecule has 1 saturated heterocycles. The molecule has 1 amide bonds. The van der Waals surface area contributed by atoms with E-state index in [1.165, 1.54) is 6.42 Å². The van der Waals surface area contributed by atoms with Crippen molar-refractivity contribution in [2.24, 2.45) is 0 Å². The molecule has 0 saturated carbocycles. The first-order valence-corrected chi connectivity index (χ1v) is 6.65. The summed E-state index contributed by atoms with van der Waals surface area (Å²) in [5.41, 5.74) is 0.572. The Hall–Kier alpha value is -1.81. The van der Waals surface area contributed by atoms with E-state index < -0.39 is 0 Å². The molecule has 102 valence electrons. The van der Waals surface area contributed by atoms with Crippen LogP contribution in [-0.4, -0.2) is 31.6 Å². The monoisotopic (exact) mass is 260 g/mol. The zero-order chi connectivity index (χ0) is 13.5. The number of ether oxygens (including phenoxy) is 1. The van der Waals surface area contributed by atoms with Gasteiger partial charge in [0.05, 0.1) is 5.56 Å². The van der Waals surface area contributed by atoms with E-state index in [1.54, 1.807) is 18.2 Å². The Morgan fingerprint density at radius 2 is 2.37 bits per heavy atom. The zero-order valence-electron chi connectivity index (χ0n) is 11.0. The van der Waals surface area contributed by atoms with Gasteiger partial charge in [-0.15, -0.1) is 0 Å². The van der Waals surface area contributed by atoms with Gasteiger partial charge in [0.15, 0.2) is 0 Å². The average molecular weight is 260 g/mol. The second-order valence-corrected chi connectivity index (χ2v) is 4.60. The van der Waals surface area contributed by atoms with Crippen LogP contribution in [0.15, 0.2) is 36.9 Å². The number of para-hydroxylation sites is 1. The predicted molar refractivity (Wildman–Crippen MR) is 75.5 cm³/mol. The van der Waals surface area contributed by atoms with Gasteiger partial charge in [0.1, 0.15) is 12.4 Å². The van der Waals surface area contributed by atoms with E-state index in [1.807, 2.05) is 12.1 Å². The van der Waals surface area contributed by atoms with Crippen molar-refractivity contribution in [3.63, 3.8) is 0 Å². The van der Waals surface area contributed by atoms with E-state index in [9.17, 15) is 4.79 Å². The number of rotatable bonds is 6. The molecule has 1 heterocycles. The van der Waals surface area contributed by atoms with E-state index >= 15 is 0 Å². The first-order valence-electron chi connectivity index (χ1n) is 6.65. The van der Waals surface area contributed by atoms with Crippen molar-refractivity contribution in [1.82, 2.24) is 10.6 Å². The summed E-state index contributed by atoms with van der Waals surface area (Å²) in [6.45, 7) is 5.70. The number of hydrogen-bond donors (Lipinski definition) is 2. The molecule has 1 aromatic carbocycles. The van der Waals surface area contributed by atoms with Crippen molar-refractivity contribution in [1.29, 1.82) is 0 Å². The van der Waals surface area contributed by atoms with Crippen LogP contribution in [0.1, 0.15) is 23.2 Å². The van der Waals surface area contributed by atoms with Gasteiger partial charge in [-0.1, -0.05) is 24.8 Å². The molecule has 2 rings (SSSR count). The molecule has 0 bridgehead atoms. The van der Waals surface area contributed by atoms with Crippen molar-refractivity contribution in [3.8, 4) is 5.75 Å². The lowest BCUT2D eigenvalue weighted by atomic mass is 10.1. The summed E-state index contributed by atoms with van der Waals surface area (Å²) in [6.07, 6.45) is 3.96. The van der Waals surface area contributed by atoms with Gasteiger partial charge in [0.25, 0.3) is 5.91 Å². The molecule has 1 aliphatic heterocycles. The highest BCUT2D eigenvalue weighted by Gasteiger charge is 2.16. The zero-order valence-corrected chi connectivity index (χ0v) is 11.0. The summed E-state index contributed by atoms with van der Waals surface area (Å²) < 4.78 is 5.48. The molecule has 1 atom stereocenters. The Labute approximate surface area is 113 Å². The van der Waals surface area contributed by atoms with Crippen LogP contribution in [-0.2, 0) is 0 Å². The van der Waals surface area contributed by atoms with Gasteiger partial charge in [0, 0.05) is 12.6 Å². The van der Waals surface area contributed by atoms with E-state index in [-0.39, 0.29) is 5.91 Å². The molecule has 0 spiro atoms. The van der Waals surface area contributed by atoms with Crippen LogP contribution in [0, 0.1) is 0 Å². The average Bonchev–Trinajstić information content (AvgIpc) is 2.96. The fourth-order valence-electron chi connectivity index (χ4n) is 2.17. The maximum Gasteiger partial charge on any atom is 0.255 e. The van der Waals surface area contributed by atoms with E-state index in [4.69, 9.17) is 4.74 Å². The molecule has 4 nitrogen and oxygen atoms in total. The van der Waals surface area contributed by atoms with Crippen LogP contribution in [0.5, 0.6) is 5.75 Å². The predicted octanol–water partition coefficient (Wildman–Crippen LogP) is 1.73. The fourth-order valence-corrected chi connectivity index (χ4v) is 2.17. The molecule has 0 aliphatic carbocycles. The minimum absolute atomic E-state index is 0.0895. The van der Waals surface area contributed by atoms with Crippen LogP contribution in [0.2, 0.25) is 0 Å². The minimum atomic E-state index is -0.0895. The van der Waals surface area contributed by atoms with E-state index in [2.05, 4.69) is 17.2 Å². The van der Waals surface area contributed by atoms with Crippen LogP contribution in [0.25, 0.3) is 0 Å². The smallest absolute Gasteiger partial charge is 0.255 e. The quantitative estimate of drug-likeness (QED) is 0.766. The number of nitrogens with one attached hydrogen (secondary N) is 2. The Bertz CT molecular complexity index is 440. The maximum atomic E-state index is 12.1. The Balaban J connectivity index is 1.95. The van der Waals surface area contributed by atoms with Gasteiger partial charge in [0.2, 0.25) is 0 Å². The number of benzene rings is 1. The van der Waals surface area contributed by atoms with E-state index in [0.29, 0.717) is 30.5 Å². The summed E-state index contributed by atoms with van der Waals surface area (Å²) >= 11 is 0. The number of carbonyl (C=O) groups excluding carboxylic acids is 1. The van der Waals surface area contributed by atoms with Crippen LogP contribution in [0.4, 0.5) is 0 Å². The lowest BCUT2D eigenvalue weighted by Gasteiger charge is -2.13. The number of carbonyl (C=O) groups is 1. The van der Waals surface area contributed by atoms with Crippen molar-refractivity contribution in [2.75, 3.05) is 19.7 Å². The molecular weight excluding hydrogens is 240 g/mol. The summed E-state index contributed by atoms with van der Waals surface area (Å²) in [4.78, 5) is 12.1. The lowest BCUT2D eigenvalue weighted by Crippen LogP contribution is -2.37. The largest absolute Gasteiger partial charge is 0.489 e. The van der Waals surface area contributed by atoms with Crippen molar-refractivity contribution < 1.29 is 9.53 Å². The fraction of sp³-hybridized carbons (Fsp3) is 0.400. The van der Waals surface area contributed by atoms with Crippen molar-refractivity contribution in [3.05, 3.63) is 42.5 Å². The van der Waals surface area contributed by atoms with Crippen LogP contribution in [0.3, 0.4) is 0 Å². The maximum absolute atomic E-state index is 12.1. The third-order valence-electron chi connectivity index (χ3n) is 3.16. The Morgan fingerprint density at radius 3 is 3.11 bits per heavy atom. The highest BCUT2D eigenvalue weighted by molar-refractivity contribution is 5.96. The molecular formula is C15H20N2O2. The van der Waals surface area contributed by atoms with Gasteiger partial charge in [-0.25, -0.2) is 0 Å². The minimum Gasteiger partial charge on any atom is -0.489 e. The molecule has 0 radical (unpaired) electrons. The molecule has 2 N–H and O–H groups in total.